The first-order valence-electron chi connectivity index (χ1n) is 7.52. The molecule has 2 aromatic rings. The van der Waals surface area contributed by atoms with Gasteiger partial charge in [-0.15, -0.1) is 0 Å². The van der Waals surface area contributed by atoms with Crippen LogP contribution < -0.4 is 10.6 Å². The highest BCUT2D eigenvalue weighted by Gasteiger charge is 2.18. The van der Waals surface area contributed by atoms with E-state index in [4.69, 9.17) is 0 Å². The van der Waals surface area contributed by atoms with Crippen LogP contribution in [0, 0.1) is 10.1 Å². The van der Waals surface area contributed by atoms with E-state index >= 15 is 0 Å². The lowest BCUT2D eigenvalue weighted by atomic mass is 10.1. The number of fused-ring (bicyclic) bond motifs is 1. The van der Waals surface area contributed by atoms with Crippen molar-refractivity contribution in [2.45, 2.75) is 39.3 Å². The van der Waals surface area contributed by atoms with Crippen molar-refractivity contribution in [1.82, 2.24) is 10.3 Å². The zero-order chi connectivity index (χ0) is 17.0. The number of hydrogen-bond donors (Lipinski definition) is 2. The number of carbonyl (C=O) groups excluding carboxylic acids is 1. The first-order valence-corrected chi connectivity index (χ1v) is 7.52. The third kappa shape index (κ3) is 3.74. The Hall–Kier alpha value is -2.70. The van der Waals surface area contributed by atoms with Gasteiger partial charge in [0.25, 0.3) is 5.69 Å². The quantitative estimate of drug-likeness (QED) is 0.631. The highest BCUT2D eigenvalue weighted by molar-refractivity contribution is 6.00. The normalized spacial score (nSPS) is 13.3. The van der Waals surface area contributed by atoms with E-state index in [9.17, 15) is 14.9 Å². The Kier molecular flexibility index (Phi) is 5.10. The number of nitrogens with one attached hydrogen (secondary N) is 2. The number of carbonyl (C=O) groups is 1. The SMILES string of the molecule is CCC(C)NC(=O)C(C)Nc1ccc([N+](=O)[O-])c2cnccc12. The minimum Gasteiger partial charge on any atom is -0.373 e. The first kappa shape index (κ1) is 16.7. The van der Waals surface area contributed by atoms with Crippen LogP contribution in [0.4, 0.5) is 11.4 Å². The molecule has 122 valence electrons. The fourth-order valence-corrected chi connectivity index (χ4v) is 2.23. The van der Waals surface area contributed by atoms with E-state index in [2.05, 4.69) is 15.6 Å². The summed E-state index contributed by atoms with van der Waals surface area (Å²) in [6, 6.07) is 4.38. The average Bonchev–Trinajstić information content (AvgIpc) is 2.54. The number of pyridine rings is 1. The number of benzene rings is 1. The van der Waals surface area contributed by atoms with Gasteiger partial charge in [0, 0.05) is 35.6 Å². The smallest absolute Gasteiger partial charge is 0.278 e. The second-order valence-corrected chi connectivity index (χ2v) is 5.49. The van der Waals surface area contributed by atoms with E-state index in [1.165, 1.54) is 12.3 Å². The molecule has 0 aliphatic carbocycles. The topological polar surface area (TPSA) is 97.2 Å². The molecule has 2 atom stereocenters. The maximum Gasteiger partial charge on any atom is 0.278 e. The molecule has 0 bridgehead atoms. The van der Waals surface area contributed by atoms with E-state index in [1.54, 1.807) is 25.3 Å². The summed E-state index contributed by atoms with van der Waals surface area (Å²) < 4.78 is 0. The van der Waals surface area contributed by atoms with Crippen molar-refractivity contribution >= 4 is 28.1 Å². The van der Waals surface area contributed by atoms with Crippen LogP contribution in [-0.4, -0.2) is 27.9 Å². The Morgan fingerprint density at radius 2 is 2.04 bits per heavy atom. The minimum atomic E-state index is -0.457. The number of nitrogens with zero attached hydrogens (tertiary/aromatic N) is 2. The summed E-state index contributed by atoms with van der Waals surface area (Å²) in [5.74, 6) is -0.111. The van der Waals surface area contributed by atoms with Crippen molar-refractivity contribution in [1.29, 1.82) is 0 Å². The standard InChI is InChI=1S/C16H20N4O3/c1-4-10(2)18-16(21)11(3)19-14-5-6-15(20(22)23)13-9-17-8-7-12(13)14/h5-11,19H,4H2,1-3H3,(H,18,21). The van der Waals surface area contributed by atoms with Gasteiger partial charge < -0.3 is 10.6 Å². The summed E-state index contributed by atoms with van der Waals surface area (Å²) in [7, 11) is 0. The summed E-state index contributed by atoms with van der Waals surface area (Å²) in [5, 5.41) is 18.2. The summed E-state index contributed by atoms with van der Waals surface area (Å²) >= 11 is 0. The van der Waals surface area contributed by atoms with Gasteiger partial charge in [-0.25, -0.2) is 0 Å². The van der Waals surface area contributed by atoms with Gasteiger partial charge in [-0.1, -0.05) is 6.92 Å². The fourth-order valence-electron chi connectivity index (χ4n) is 2.23. The van der Waals surface area contributed by atoms with Crippen LogP contribution in [0.15, 0.2) is 30.6 Å². The predicted octanol–water partition coefficient (Wildman–Crippen LogP) is 2.86. The molecule has 1 amide bonds. The highest BCUT2D eigenvalue weighted by Crippen LogP contribution is 2.30. The van der Waals surface area contributed by atoms with E-state index in [0.717, 1.165) is 6.42 Å². The van der Waals surface area contributed by atoms with E-state index < -0.39 is 11.0 Å². The monoisotopic (exact) mass is 316 g/mol. The van der Waals surface area contributed by atoms with Gasteiger partial charge in [0.2, 0.25) is 5.91 Å². The van der Waals surface area contributed by atoms with Crippen molar-refractivity contribution in [2.75, 3.05) is 5.32 Å². The number of amides is 1. The van der Waals surface area contributed by atoms with Crippen LogP contribution in [0.5, 0.6) is 0 Å². The molecular weight excluding hydrogens is 296 g/mol. The molecule has 2 rings (SSSR count). The molecule has 0 saturated heterocycles. The second kappa shape index (κ2) is 7.04. The molecule has 23 heavy (non-hydrogen) atoms. The number of hydrogen-bond acceptors (Lipinski definition) is 5. The molecule has 1 heterocycles. The van der Waals surface area contributed by atoms with Gasteiger partial charge in [-0.2, -0.15) is 0 Å². The van der Waals surface area contributed by atoms with Crippen LogP contribution in [-0.2, 0) is 4.79 Å². The lowest BCUT2D eigenvalue weighted by Crippen LogP contribution is -2.41. The average molecular weight is 316 g/mol. The van der Waals surface area contributed by atoms with Crippen molar-refractivity contribution in [3.63, 3.8) is 0 Å². The largest absolute Gasteiger partial charge is 0.373 e. The number of aromatic nitrogens is 1. The van der Waals surface area contributed by atoms with Gasteiger partial charge in [-0.3, -0.25) is 19.9 Å². The van der Waals surface area contributed by atoms with Gasteiger partial charge in [0.1, 0.15) is 6.04 Å². The maximum atomic E-state index is 12.1. The Balaban J connectivity index is 2.29. The maximum absolute atomic E-state index is 12.1. The molecule has 0 radical (unpaired) electrons. The Labute approximate surface area is 134 Å². The summed E-state index contributed by atoms with van der Waals surface area (Å²) in [6.45, 7) is 5.70. The molecule has 0 spiro atoms. The second-order valence-electron chi connectivity index (χ2n) is 5.49. The Bertz CT molecular complexity index is 732. The molecule has 1 aromatic heterocycles. The third-order valence-corrected chi connectivity index (χ3v) is 3.76. The van der Waals surface area contributed by atoms with Crippen molar-refractivity contribution in [2.24, 2.45) is 0 Å². The Morgan fingerprint density at radius 1 is 1.30 bits per heavy atom. The number of nitro benzene ring substituents is 1. The minimum absolute atomic E-state index is 0.00430. The zero-order valence-corrected chi connectivity index (χ0v) is 13.4. The van der Waals surface area contributed by atoms with E-state index in [0.29, 0.717) is 16.5 Å². The summed E-state index contributed by atoms with van der Waals surface area (Å²) in [5.41, 5.74) is 0.662. The van der Waals surface area contributed by atoms with Gasteiger partial charge >= 0.3 is 0 Å². The molecule has 0 fully saturated rings. The third-order valence-electron chi connectivity index (χ3n) is 3.76. The van der Waals surface area contributed by atoms with E-state index in [-0.39, 0.29) is 17.6 Å². The van der Waals surface area contributed by atoms with Crippen molar-refractivity contribution in [3.8, 4) is 0 Å². The molecular formula is C16H20N4O3. The van der Waals surface area contributed by atoms with Gasteiger partial charge in [0.15, 0.2) is 0 Å². The lowest BCUT2D eigenvalue weighted by molar-refractivity contribution is -0.383. The van der Waals surface area contributed by atoms with Gasteiger partial charge in [-0.05, 0) is 32.4 Å². The van der Waals surface area contributed by atoms with Crippen molar-refractivity contribution < 1.29 is 9.72 Å². The molecule has 0 saturated carbocycles. The van der Waals surface area contributed by atoms with Crippen LogP contribution in [0.1, 0.15) is 27.2 Å². The molecule has 0 aliphatic heterocycles. The summed E-state index contributed by atoms with van der Waals surface area (Å²) in [4.78, 5) is 26.8. The molecule has 2 N–H and O–H groups in total. The fraction of sp³-hybridized carbons (Fsp3) is 0.375. The number of anilines is 1. The number of nitro groups is 1. The van der Waals surface area contributed by atoms with E-state index in [1.807, 2.05) is 13.8 Å². The molecule has 0 aliphatic rings. The first-order chi connectivity index (χ1) is 10.9. The Morgan fingerprint density at radius 3 is 2.70 bits per heavy atom. The van der Waals surface area contributed by atoms with Crippen LogP contribution >= 0.6 is 0 Å². The predicted molar refractivity (Wildman–Crippen MR) is 89.4 cm³/mol. The van der Waals surface area contributed by atoms with Crippen LogP contribution in [0.2, 0.25) is 0 Å². The summed E-state index contributed by atoms with van der Waals surface area (Å²) in [6.07, 6.45) is 3.88. The molecule has 7 nitrogen and oxygen atoms in total. The number of rotatable bonds is 6. The molecule has 7 heteroatoms. The molecule has 2 unspecified atom stereocenters. The molecule has 1 aromatic carbocycles. The number of non-ortho nitro benzene ring substituents is 1. The van der Waals surface area contributed by atoms with Crippen molar-refractivity contribution in [3.05, 3.63) is 40.7 Å². The highest BCUT2D eigenvalue weighted by atomic mass is 16.6. The lowest BCUT2D eigenvalue weighted by Gasteiger charge is -2.19. The van der Waals surface area contributed by atoms with Crippen LogP contribution in [0.3, 0.4) is 0 Å². The van der Waals surface area contributed by atoms with Crippen LogP contribution in [0.25, 0.3) is 10.8 Å². The zero-order valence-electron chi connectivity index (χ0n) is 13.4. The van der Waals surface area contributed by atoms with Gasteiger partial charge in [0.05, 0.1) is 10.3 Å².